The highest BCUT2D eigenvalue weighted by atomic mass is 32.2. The van der Waals surface area contributed by atoms with Gasteiger partial charge < -0.3 is 9.64 Å². The molecule has 6 heteroatoms. The van der Waals surface area contributed by atoms with E-state index in [9.17, 15) is 13.2 Å². The summed E-state index contributed by atoms with van der Waals surface area (Å²) in [7, 11) is -2.91. The topological polar surface area (TPSA) is 63.7 Å². The summed E-state index contributed by atoms with van der Waals surface area (Å²) >= 11 is 0. The van der Waals surface area contributed by atoms with E-state index in [-0.39, 0.29) is 29.4 Å². The van der Waals surface area contributed by atoms with Gasteiger partial charge in [0.05, 0.1) is 24.6 Å². The largest absolute Gasteiger partial charge is 0.486 e. The molecule has 2 heterocycles. The number of nitrogens with zero attached hydrogens (tertiary/aromatic N) is 1. The van der Waals surface area contributed by atoms with Gasteiger partial charge in [-0.05, 0) is 30.4 Å². The molecule has 0 saturated carbocycles. The molecule has 0 radical (unpaired) electrons. The Kier molecular flexibility index (Phi) is 4.62. The molecule has 5 nitrogen and oxygen atoms in total. The van der Waals surface area contributed by atoms with Crippen LogP contribution in [-0.4, -0.2) is 49.9 Å². The number of carbonyl (C=O) groups is 1. The summed E-state index contributed by atoms with van der Waals surface area (Å²) in [5, 5.41) is 0. The summed E-state index contributed by atoms with van der Waals surface area (Å²) in [5.74, 6) is 1.33. The molecule has 0 aliphatic carbocycles. The Bertz CT molecular complexity index is 680. The van der Waals surface area contributed by atoms with E-state index in [1.807, 2.05) is 18.2 Å². The van der Waals surface area contributed by atoms with Crippen LogP contribution in [0.5, 0.6) is 5.75 Å². The SMILES string of the molecule is CCc1ccccc1OC1CN(C(=O)C[C@@H]2CCS(=O)(=O)C2)C1. The molecule has 2 aliphatic heterocycles. The van der Waals surface area contributed by atoms with Crippen molar-refractivity contribution in [2.24, 2.45) is 5.92 Å². The van der Waals surface area contributed by atoms with Gasteiger partial charge in [-0.1, -0.05) is 25.1 Å². The number of likely N-dealkylation sites (tertiary alicyclic amines) is 1. The quantitative estimate of drug-likeness (QED) is 0.820. The van der Waals surface area contributed by atoms with Gasteiger partial charge in [-0.3, -0.25) is 4.79 Å². The van der Waals surface area contributed by atoms with Crippen LogP contribution < -0.4 is 4.74 Å². The fraction of sp³-hybridized carbons (Fsp3) is 0.588. The number of hydrogen-bond acceptors (Lipinski definition) is 4. The first kappa shape index (κ1) is 16.3. The maximum Gasteiger partial charge on any atom is 0.223 e. The van der Waals surface area contributed by atoms with E-state index < -0.39 is 9.84 Å². The van der Waals surface area contributed by atoms with E-state index >= 15 is 0 Å². The Morgan fingerprint density at radius 3 is 2.70 bits per heavy atom. The van der Waals surface area contributed by atoms with Crippen LogP contribution in [0.4, 0.5) is 0 Å². The lowest BCUT2D eigenvalue weighted by molar-refractivity contribution is -0.140. The van der Waals surface area contributed by atoms with Crippen molar-refractivity contribution in [1.29, 1.82) is 0 Å². The Morgan fingerprint density at radius 1 is 1.30 bits per heavy atom. The Morgan fingerprint density at radius 2 is 2.04 bits per heavy atom. The van der Waals surface area contributed by atoms with Gasteiger partial charge in [0.25, 0.3) is 0 Å². The Labute approximate surface area is 137 Å². The van der Waals surface area contributed by atoms with Crippen molar-refractivity contribution < 1.29 is 17.9 Å². The average molecular weight is 337 g/mol. The fourth-order valence-corrected chi connectivity index (χ4v) is 5.08. The Balaban J connectivity index is 1.46. The monoisotopic (exact) mass is 337 g/mol. The zero-order chi connectivity index (χ0) is 16.4. The van der Waals surface area contributed by atoms with Crippen molar-refractivity contribution in [3.05, 3.63) is 29.8 Å². The highest BCUT2D eigenvalue weighted by Crippen LogP contribution is 2.26. The number of amides is 1. The maximum absolute atomic E-state index is 12.2. The second-order valence-electron chi connectivity index (χ2n) is 6.47. The number of para-hydroxylation sites is 1. The van der Waals surface area contributed by atoms with Gasteiger partial charge in [-0.25, -0.2) is 8.42 Å². The number of aryl methyl sites for hydroxylation is 1. The molecule has 2 saturated heterocycles. The summed E-state index contributed by atoms with van der Waals surface area (Å²) in [4.78, 5) is 14.0. The molecule has 126 valence electrons. The first-order valence-corrected chi connectivity index (χ1v) is 10.0. The summed E-state index contributed by atoms with van der Waals surface area (Å²) in [6.07, 6.45) is 1.92. The van der Waals surface area contributed by atoms with Crippen LogP contribution in [0.1, 0.15) is 25.3 Å². The fourth-order valence-electron chi connectivity index (χ4n) is 3.22. The molecule has 1 aromatic rings. The average Bonchev–Trinajstić information content (AvgIpc) is 2.81. The summed E-state index contributed by atoms with van der Waals surface area (Å²) < 4.78 is 28.9. The van der Waals surface area contributed by atoms with Crippen LogP contribution in [0.2, 0.25) is 0 Å². The summed E-state index contributed by atoms with van der Waals surface area (Å²) in [5.41, 5.74) is 1.17. The predicted molar refractivity (Wildman–Crippen MR) is 88.2 cm³/mol. The van der Waals surface area contributed by atoms with E-state index in [4.69, 9.17) is 4.74 Å². The second-order valence-corrected chi connectivity index (χ2v) is 8.70. The molecule has 1 aromatic carbocycles. The molecule has 2 fully saturated rings. The van der Waals surface area contributed by atoms with Crippen molar-refractivity contribution >= 4 is 15.7 Å². The van der Waals surface area contributed by atoms with Gasteiger partial charge in [-0.15, -0.1) is 0 Å². The third-order valence-electron chi connectivity index (χ3n) is 4.64. The molecule has 2 aliphatic rings. The first-order valence-electron chi connectivity index (χ1n) is 8.19. The van der Waals surface area contributed by atoms with Crippen LogP contribution in [0.3, 0.4) is 0 Å². The molecule has 0 spiro atoms. The molecular weight excluding hydrogens is 314 g/mol. The van der Waals surface area contributed by atoms with Crippen LogP contribution >= 0.6 is 0 Å². The van der Waals surface area contributed by atoms with Crippen molar-refractivity contribution in [2.75, 3.05) is 24.6 Å². The summed E-state index contributed by atoms with van der Waals surface area (Å²) in [6, 6.07) is 7.97. The van der Waals surface area contributed by atoms with E-state index in [2.05, 4.69) is 13.0 Å². The molecule has 1 atom stereocenters. The molecule has 0 bridgehead atoms. The minimum Gasteiger partial charge on any atom is -0.486 e. The molecule has 1 amide bonds. The van der Waals surface area contributed by atoms with Crippen molar-refractivity contribution in [1.82, 2.24) is 4.90 Å². The van der Waals surface area contributed by atoms with Gasteiger partial charge in [0.15, 0.2) is 9.84 Å². The van der Waals surface area contributed by atoms with Crippen LogP contribution in [-0.2, 0) is 21.1 Å². The normalized spacial score (nSPS) is 23.5. The molecule has 0 aromatic heterocycles. The third kappa shape index (κ3) is 3.86. The number of ether oxygens (including phenoxy) is 1. The van der Waals surface area contributed by atoms with Crippen LogP contribution in [0.15, 0.2) is 24.3 Å². The number of sulfone groups is 1. The highest BCUT2D eigenvalue weighted by Gasteiger charge is 2.36. The van der Waals surface area contributed by atoms with E-state index in [0.717, 1.165) is 12.2 Å². The zero-order valence-electron chi connectivity index (χ0n) is 13.4. The Hall–Kier alpha value is -1.56. The third-order valence-corrected chi connectivity index (χ3v) is 6.47. The molecular formula is C17H23NO4S. The standard InChI is InChI=1S/C17H23NO4S/c1-2-14-5-3-4-6-16(14)22-15-10-18(11-15)17(19)9-13-7-8-23(20,21)12-13/h3-6,13,15H,2,7-12H2,1H3/t13-/m0/s1. The van der Waals surface area contributed by atoms with Gasteiger partial charge >= 0.3 is 0 Å². The van der Waals surface area contributed by atoms with Gasteiger partial charge in [0.2, 0.25) is 5.91 Å². The number of benzene rings is 1. The molecule has 0 N–H and O–H groups in total. The van der Waals surface area contributed by atoms with E-state index in [0.29, 0.717) is 25.9 Å². The maximum atomic E-state index is 12.2. The van der Waals surface area contributed by atoms with Crippen LogP contribution in [0.25, 0.3) is 0 Å². The molecule has 23 heavy (non-hydrogen) atoms. The zero-order valence-corrected chi connectivity index (χ0v) is 14.2. The second kappa shape index (κ2) is 6.51. The lowest BCUT2D eigenvalue weighted by Gasteiger charge is -2.39. The van der Waals surface area contributed by atoms with E-state index in [1.165, 1.54) is 5.56 Å². The summed E-state index contributed by atoms with van der Waals surface area (Å²) in [6.45, 7) is 3.28. The van der Waals surface area contributed by atoms with Crippen molar-refractivity contribution in [3.63, 3.8) is 0 Å². The smallest absolute Gasteiger partial charge is 0.223 e. The lowest BCUT2D eigenvalue weighted by atomic mass is 10.0. The van der Waals surface area contributed by atoms with Crippen molar-refractivity contribution in [2.45, 2.75) is 32.3 Å². The minimum atomic E-state index is -2.91. The lowest BCUT2D eigenvalue weighted by Crippen LogP contribution is -2.56. The van der Waals surface area contributed by atoms with E-state index in [1.54, 1.807) is 4.90 Å². The predicted octanol–water partition coefficient (Wildman–Crippen LogP) is 1.66. The van der Waals surface area contributed by atoms with Gasteiger partial charge in [0, 0.05) is 6.42 Å². The van der Waals surface area contributed by atoms with Gasteiger partial charge in [-0.2, -0.15) is 0 Å². The minimum absolute atomic E-state index is 0.00622. The van der Waals surface area contributed by atoms with Gasteiger partial charge in [0.1, 0.15) is 11.9 Å². The highest BCUT2D eigenvalue weighted by molar-refractivity contribution is 7.91. The number of rotatable bonds is 5. The first-order chi connectivity index (χ1) is 11.0. The van der Waals surface area contributed by atoms with Crippen LogP contribution in [0, 0.1) is 5.92 Å². The van der Waals surface area contributed by atoms with Crippen molar-refractivity contribution in [3.8, 4) is 5.75 Å². The number of hydrogen-bond donors (Lipinski definition) is 0. The number of carbonyl (C=O) groups excluding carboxylic acids is 1. The molecule has 3 rings (SSSR count). The molecule has 0 unspecified atom stereocenters.